The summed E-state index contributed by atoms with van der Waals surface area (Å²) in [4.78, 5) is 0.154. The van der Waals surface area contributed by atoms with Gasteiger partial charge in [0.2, 0.25) is 10.0 Å². The second-order valence-corrected chi connectivity index (χ2v) is 7.58. The third-order valence-electron chi connectivity index (χ3n) is 4.07. The Morgan fingerprint density at radius 2 is 2.00 bits per heavy atom. The maximum atomic E-state index is 12.4. The van der Waals surface area contributed by atoms with Gasteiger partial charge in [0.25, 0.3) is 0 Å². The SMILES string of the molecule is Cc1ccc(C#N)cc1S(=O)(=O)NCC1(N)CCCCC1. The van der Waals surface area contributed by atoms with Crippen molar-refractivity contribution < 1.29 is 8.42 Å². The van der Waals surface area contributed by atoms with Crippen molar-refractivity contribution in [1.29, 1.82) is 5.26 Å². The lowest BCUT2D eigenvalue weighted by Gasteiger charge is -2.33. The van der Waals surface area contributed by atoms with E-state index in [0.717, 1.165) is 32.1 Å². The summed E-state index contributed by atoms with van der Waals surface area (Å²) in [6.45, 7) is 1.96. The lowest BCUT2D eigenvalue weighted by Crippen LogP contribution is -2.51. The van der Waals surface area contributed by atoms with E-state index < -0.39 is 15.6 Å². The molecule has 1 fully saturated rings. The van der Waals surface area contributed by atoms with E-state index in [-0.39, 0.29) is 11.4 Å². The van der Waals surface area contributed by atoms with Crippen molar-refractivity contribution in [2.75, 3.05) is 6.54 Å². The van der Waals surface area contributed by atoms with Gasteiger partial charge in [0, 0.05) is 12.1 Å². The molecule has 0 spiro atoms. The Morgan fingerprint density at radius 3 is 2.62 bits per heavy atom. The van der Waals surface area contributed by atoms with Crippen molar-refractivity contribution in [2.45, 2.75) is 49.5 Å². The molecule has 0 aliphatic heterocycles. The summed E-state index contributed by atoms with van der Waals surface area (Å²) >= 11 is 0. The van der Waals surface area contributed by atoms with Crippen LogP contribution in [0.25, 0.3) is 0 Å². The van der Waals surface area contributed by atoms with Gasteiger partial charge in [0.15, 0.2) is 0 Å². The Morgan fingerprint density at radius 1 is 1.33 bits per heavy atom. The van der Waals surface area contributed by atoms with E-state index in [4.69, 9.17) is 11.0 Å². The highest BCUT2D eigenvalue weighted by atomic mass is 32.2. The molecule has 0 saturated heterocycles. The van der Waals surface area contributed by atoms with Crippen LogP contribution < -0.4 is 10.5 Å². The van der Waals surface area contributed by atoms with Gasteiger partial charge in [-0.15, -0.1) is 0 Å². The van der Waals surface area contributed by atoms with Crippen LogP contribution in [0, 0.1) is 18.3 Å². The number of nitrogens with two attached hydrogens (primary N) is 1. The van der Waals surface area contributed by atoms with E-state index >= 15 is 0 Å². The van der Waals surface area contributed by atoms with Crippen molar-refractivity contribution in [3.05, 3.63) is 29.3 Å². The lowest BCUT2D eigenvalue weighted by atomic mass is 9.83. The van der Waals surface area contributed by atoms with E-state index in [1.807, 2.05) is 6.07 Å². The van der Waals surface area contributed by atoms with Crippen molar-refractivity contribution in [3.8, 4) is 6.07 Å². The van der Waals surface area contributed by atoms with Gasteiger partial charge in [0.1, 0.15) is 0 Å². The van der Waals surface area contributed by atoms with Gasteiger partial charge in [-0.05, 0) is 37.5 Å². The van der Waals surface area contributed by atoms with Crippen molar-refractivity contribution >= 4 is 10.0 Å². The molecule has 0 unspecified atom stereocenters. The Balaban J connectivity index is 2.17. The minimum absolute atomic E-state index is 0.154. The van der Waals surface area contributed by atoms with Gasteiger partial charge in [-0.2, -0.15) is 5.26 Å². The van der Waals surface area contributed by atoms with Crippen LogP contribution in [0.1, 0.15) is 43.2 Å². The molecule has 0 aromatic heterocycles. The topological polar surface area (TPSA) is 96.0 Å². The predicted octanol–water partition coefficient (Wildman–Crippen LogP) is 1.81. The van der Waals surface area contributed by atoms with Gasteiger partial charge >= 0.3 is 0 Å². The fourth-order valence-electron chi connectivity index (χ4n) is 2.71. The average molecular weight is 307 g/mol. The first-order valence-electron chi connectivity index (χ1n) is 7.16. The van der Waals surface area contributed by atoms with Crippen LogP contribution in [-0.2, 0) is 10.0 Å². The number of hydrogen-bond donors (Lipinski definition) is 2. The fourth-order valence-corrected chi connectivity index (χ4v) is 4.12. The molecule has 1 aromatic carbocycles. The molecule has 1 aliphatic carbocycles. The van der Waals surface area contributed by atoms with E-state index in [0.29, 0.717) is 11.1 Å². The standard InChI is InChI=1S/C15H21N3O2S/c1-12-5-6-13(10-16)9-14(12)21(19,20)18-11-15(17)7-3-2-4-8-15/h5-6,9,18H,2-4,7-8,11,17H2,1H3. The fraction of sp³-hybridized carbons (Fsp3) is 0.533. The third-order valence-corrected chi connectivity index (χ3v) is 5.61. The molecule has 1 saturated carbocycles. The summed E-state index contributed by atoms with van der Waals surface area (Å²) in [5, 5.41) is 8.91. The van der Waals surface area contributed by atoms with E-state index in [2.05, 4.69) is 4.72 Å². The zero-order valence-electron chi connectivity index (χ0n) is 12.2. The molecule has 2 rings (SSSR count). The summed E-state index contributed by atoms with van der Waals surface area (Å²) in [5.41, 5.74) is 6.76. The molecule has 0 amide bonds. The maximum Gasteiger partial charge on any atom is 0.240 e. The molecule has 114 valence electrons. The molecule has 0 heterocycles. The number of nitriles is 1. The predicted molar refractivity (Wildman–Crippen MR) is 81.1 cm³/mol. The molecule has 1 aromatic rings. The summed E-state index contributed by atoms with van der Waals surface area (Å²) < 4.78 is 27.5. The monoisotopic (exact) mass is 307 g/mol. The first-order chi connectivity index (χ1) is 9.86. The summed E-state index contributed by atoms with van der Waals surface area (Å²) in [6, 6.07) is 6.62. The minimum Gasteiger partial charge on any atom is -0.324 e. The second-order valence-electron chi connectivity index (χ2n) is 5.84. The van der Waals surface area contributed by atoms with Crippen LogP contribution in [0.5, 0.6) is 0 Å². The molecule has 5 nitrogen and oxygen atoms in total. The zero-order chi connectivity index (χ0) is 15.5. The first kappa shape index (κ1) is 16.0. The van der Waals surface area contributed by atoms with Gasteiger partial charge in [-0.25, -0.2) is 13.1 Å². The summed E-state index contributed by atoms with van der Waals surface area (Å²) in [5.74, 6) is 0. The summed E-state index contributed by atoms with van der Waals surface area (Å²) in [7, 11) is -3.64. The third kappa shape index (κ3) is 3.82. The van der Waals surface area contributed by atoms with Crippen LogP contribution in [0.4, 0.5) is 0 Å². The second kappa shape index (κ2) is 6.14. The molecule has 0 atom stereocenters. The number of hydrogen-bond acceptors (Lipinski definition) is 4. The number of nitrogens with one attached hydrogen (secondary N) is 1. The molecular weight excluding hydrogens is 286 g/mol. The lowest BCUT2D eigenvalue weighted by molar-refractivity contribution is 0.296. The molecule has 0 radical (unpaired) electrons. The highest BCUT2D eigenvalue weighted by molar-refractivity contribution is 7.89. The largest absolute Gasteiger partial charge is 0.324 e. The first-order valence-corrected chi connectivity index (χ1v) is 8.64. The van der Waals surface area contributed by atoms with Crippen LogP contribution in [0.2, 0.25) is 0 Å². The Kier molecular flexibility index (Phi) is 4.67. The van der Waals surface area contributed by atoms with Crippen molar-refractivity contribution in [1.82, 2.24) is 4.72 Å². The van der Waals surface area contributed by atoms with Gasteiger partial charge in [-0.1, -0.05) is 25.3 Å². The summed E-state index contributed by atoms with van der Waals surface area (Å²) in [6.07, 6.45) is 4.93. The number of rotatable bonds is 4. The molecule has 3 N–H and O–H groups in total. The Hall–Kier alpha value is -1.42. The van der Waals surface area contributed by atoms with Gasteiger partial charge in [0.05, 0.1) is 16.5 Å². The minimum atomic E-state index is -3.64. The van der Waals surface area contributed by atoms with Crippen molar-refractivity contribution in [3.63, 3.8) is 0 Å². The van der Waals surface area contributed by atoms with Crippen molar-refractivity contribution in [2.24, 2.45) is 5.73 Å². The quantitative estimate of drug-likeness (QED) is 0.886. The molecule has 0 bridgehead atoms. The van der Waals surface area contributed by atoms with Gasteiger partial charge < -0.3 is 5.73 Å². The Bertz CT molecular complexity index is 656. The van der Waals surface area contributed by atoms with E-state index in [1.54, 1.807) is 19.1 Å². The van der Waals surface area contributed by atoms with Crippen LogP contribution >= 0.6 is 0 Å². The normalized spacial score (nSPS) is 18.1. The van der Waals surface area contributed by atoms with Crippen LogP contribution in [0.15, 0.2) is 23.1 Å². The molecule has 6 heteroatoms. The van der Waals surface area contributed by atoms with Crippen LogP contribution in [0.3, 0.4) is 0 Å². The highest BCUT2D eigenvalue weighted by Crippen LogP contribution is 2.26. The zero-order valence-corrected chi connectivity index (χ0v) is 13.0. The van der Waals surface area contributed by atoms with Gasteiger partial charge in [-0.3, -0.25) is 0 Å². The molecule has 1 aliphatic rings. The van der Waals surface area contributed by atoms with E-state index in [1.165, 1.54) is 6.07 Å². The van der Waals surface area contributed by atoms with Crippen LogP contribution in [-0.4, -0.2) is 20.5 Å². The van der Waals surface area contributed by atoms with E-state index in [9.17, 15) is 8.42 Å². The smallest absolute Gasteiger partial charge is 0.240 e. The number of nitrogens with zero attached hydrogens (tertiary/aromatic N) is 1. The molecular formula is C15H21N3O2S. The maximum absolute atomic E-state index is 12.4. The number of aryl methyl sites for hydroxylation is 1. The number of benzene rings is 1. The average Bonchev–Trinajstić information content (AvgIpc) is 2.47. The molecule has 21 heavy (non-hydrogen) atoms. The number of sulfonamides is 1. The highest BCUT2D eigenvalue weighted by Gasteiger charge is 2.29. The Labute approximate surface area is 126 Å².